The minimum atomic E-state index is -3.86. The number of halogens is 1. The van der Waals surface area contributed by atoms with Crippen LogP contribution in [-0.2, 0) is 14.8 Å². The van der Waals surface area contributed by atoms with E-state index in [9.17, 15) is 17.6 Å². The van der Waals surface area contributed by atoms with E-state index in [1.54, 1.807) is 4.90 Å². The van der Waals surface area contributed by atoms with Crippen LogP contribution in [0, 0.1) is 5.82 Å². The molecule has 2 aromatic carbocycles. The second kappa shape index (κ2) is 10.1. The lowest BCUT2D eigenvalue weighted by molar-refractivity contribution is -0.131. The summed E-state index contributed by atoms with van der Waals surface area (Å²) in [6, 6.07) is 14.5. The molecule has 0 saturated carbocycles. The van der Waals surface area contributed by atoms with Crippen LogP contribution in [0.5, 0.6) is 0 Å². The SMILES string of the molecule is CC(CN(CCC(=O)N1CCNCC1)S(=O)(=O)c1ccc(F)cc1)c1ccccc1. The number of rotatable bonds is 8. The predicted octanol–water partition coefficient (Wildman–Crippen LogP) is 2.44. The average molecular weight is 434 g/mol. The molecule has 1 saturated heterocycles. The van der Waals surface area contributed by atoms with Crippen LogP contribution in [0.2, 0.25) is 0 Å². The molecule has 1 atom stereocenters. The number of piperazine rings is 1. The van der Waals surface area contributed by atoms with Crippen molar-refractivity contribution in [1.82, 2.24) is 14.5 Å². The van der Waals surface area contributed by atoms with Gasteiger partial charge in [-0.3, -0.25) is 4.79 Å². The first kappa shape index (κ1) is 22.4. The molecule has 0 aliphatic carbocycles. The number of hydrogen-bond donors (Lipinski definition) is 1. The Morgan fingerprint density at radius 2 is 1.73 bits per heavy atom. The monoisotopic (exact) mass is 433 g/mol. The van der Waals surface area contributed by atoms with E-state index < -0.39 is 15.8 Å². The highest BCUT2D eigenvalue weighted by atomic mass is 32.2. The molecule has 0 aromatic heterocycles. The topological polar surface area (TPSA) is 69.7 Å². The van der Waals surface area contributed by atoms with Crippen molar-refractivity contribution in [2.45, 2.75) is 24.2 Å². The van der Waals surface area contributed by atoms with Gasteiger partial charge in [-0.1, -0.05) is 37.3 Å². The van der Waals surface area contributed by atoms with E-state index >= 15 is 0 Å². The van der Waals surface area contributed by atoms with Gasteiger partial charge in [-0.05, 0) is 35.7 Å². The van der Waals surface area contributed by atoms with Crippen molar-refractivity contribution < 1.29 is 17.6 Å². The average Bonchev–Trinajstić information content (AvgIpc) is 2.77. The van der Waals surface area contributed by atoms with Gasteiger partial charge in [0.1, 0.15) is 5.82 Å². The summed E-state index contributed by atoms with van der Waals surface area (Å²) >= 11 is 0. The Labute approximate surface area is 177 Å². The highest BCUT2D eigenvalue weighted by Crippen LogP contribution is 2.22. The van der Waals surface area contributed by atoms with E-state index in [0.29, 0.717) is 13.1 Å². The van der Waals surface area contributed by atoms with Crippen LogP contribution < -0.4 is 5.32 Å². The molecule has 0 spiro atoms. The van der Waals surface area contributed by atoms with E-state index in [1.807, 2.05) is 37.3 Å². The van der Waals surface area contributed by atoms with Gasteiger partial charge in [-0.25, -0.2) is 12.8 Å². The van der Waals surface area contributed by atoms with E-state index in [-0.39, 0.29) is 36.2 Å². The van der Waals surface area contributed by atoms with Gasteiger partial charge in [-0.2, -0.15) is 4.31 Å². The summed E-state index contributed by atoms with van der Waals surface area (Å²) in [5.41, 5.74) is 1.02. The molecule has 6 nitrogen and oxygen atoms in total. The number of sulfonamides is 1. The van der Waals surface area contributed by atoms with E-state index in [0.717, 1.165) is 30.8 Å². The molecule has 1 amide bonds. The normalized spacial score (nSPS) is 15.9. The van der Waals surface area contributed by atoms with Crippen LogP contribution in [0.3, 0.4) is 0 Å². The first-order valence-corrected chi connectivity index (χ1v) is 11.6. The quantitative estimate of drug-likeness (QED) is 0.694. The first-order valence-electron chi connectivity index (χ1n) is 10.2. The molecular formula is C22H28FN3O3S. The molecule has 2 aromatic rings. The van der Waals surface area contributed by atoms with Gasteiger partial charge in [0, 0.05) is 45.7 Å². The molecule has 1 heterocycles. The van der Waals surface area contributed by atoms with E-state index in [2.05, 4.69) is 5.32 Å². The van der Waals surface area contributed by atoms with Crippen molar-refractivity contribution in [2.75, 3.05) is 39.3 Å². The second-order valence-electron chi connectivity index (χ2n) is 7.51. The maximum atomic E-state index is 13.3. The molecular weight excluding hydrogens is 405 g/mol. The largest absolute Gasteiger partial charge is 0.340 e. The molecule has 1 aliphatic heterocycles. The first-order chi connectivity index (χ1) is 14.4. The van der Waals surface area contributed by atoms with Crippen LogP contribution in [0.1, 0.15) is 24.8 Å². The van der Waals surface area contributed by atoms with Crippen molar-refractivity contribution in [2.24, 2.45) is 0 Å². The predicted molar refractivity (Wildman–Crippen MR) is 114 cm³/mol. The van der Waals surface area contributed by atoms with Crippen LogP contribution >= 0.6 is 0 Å². The minimum Gasteiger partial charge on any atom is -0.340 e. The van der Waals surface area contributed by atoms with Gasteiger partial charge < -0.3 is 10.2 Å². The van der Waals surface area contributed by atoms with Crippen LogP contribution in [0.15, 0.2) is 59.5 Å². The molecule has 162 valence electrons. The van der Waals surface area contributed by atoms with Crippen LogP contribution in [0.4, 0.5) is 4.39 Å². The molecule has 1 N–H and O–H groups in total. The summed E-state index contributed by atoms with van der Waals surface area (Å²) in [6.45, 7) is 5.02. The van der Waals surface area contributed by atoms with E-state index in [1.165, 1.54) is 16.4 Å². The molecule has 1 fully saturated rings. The summed E-state index contributed by atoms with van der Waals surface area (Å²) < 4.78 is 41.2. The molecule has 0 bridgehead atoms. The molecule has 1 unspecified atom stereocenters. The Morgan fingerprint density at radius 3 is 2.37 bits per heavy atom. The molecule has 3 rings (SSSR count). The van der Waals surface area contributed by atoms with Crippen LogP contribution in [0.25, 0.3) is 0 Å². The van der Waals surface area contributed by atoms with Crippen molar-refractivity contribution in [3.8, 4) is 0 Å². The second-order valence-corrected chi connectivity index (χ2v) is 9.45. The van der Waals surface area contributed by atoms with Crippen molar-refractivity contribution in [3.05, 3.63) is 66.0 Å². The summed E-state index contributed by atoms with van der Waals surface area (Å²) in [5, 5.41) is 3.20. The van der Waals surface area contributed by atoms with Gasteiger partial charge in [-0.15, -0.1) is 0 Å². The summed E-state index contributed by atoms with van der Waals surface area (Å²) in [7, 11) is -3.86. The van der Waals surface area contributed by atoms with Gasteiger partial charge in [0.05, 0.1) is 4.90 Å². The smallest absolute Gasteiger partial charge is 0.243 e. The van der Waals surface area contributed by atoms with E-state index in [4.69, 9.17) is 0 Å². The Hall–Kier alpha value is -2.29. The van der Waals surface area contributed by atoms with Crippen molar-refractivity contribution in [1.29, 1.82) is 0 Å². The number of benzene rings is 2. The number of carbonyl (C=O) groups is 1. The zero-order valence-corrected chi connectivity index (χ0v) is 17.9. The maximum absolute atomic E-state index is 13.3. The minimum absolute atomic E-state index is 0.0267. The standard InChI is InChI=1S/C22H28FN3O3S/c1-18(19-5-3-2-4-6-19)17-26(14-11-22(27)25-15-12-24-13-16-25)30(28,29)21-9-7-20(23)8-10-21/h2-10,18,24H,11-17H2,1H3. The number of carbonyl (C=O) groups excluding carboxylic acids is 1. The lowest BCUT2D eigenvalue weighted by Gasteiger charge is -2.29. The molecule has 30 heavy (non-hydrogen) atoms. The third-order valence-electron chi connectivity index (χ3n) is 5.34. The van der Waals surface area contributed by atoms with Gasteiger partial charge in [0.2, 0.25) is 15.9 Å². The van der Waals surface area contributed by atoms with Gasteiger partial charge in [0.25, 0.3) is 0 Å². The highest BCUT2D eigenvalue weighted by Gasteiger charge is 2.28. The fourth-order valence-corrected chi connectivity index (χ4v) is 5.08. The third-order valence-corrected chi connectivity index (χ3v) is 7.22. The number of nitrogens with one attached hydrogen (secondary N) is 1. The van der Waals surface area contributed by atoms with Gasteiger partial charge >= 0.3 is 0 Å². The summed E-state index contributed by atoms with van der Waals surface area (Å²) in [4.78, 5) is 14.4. The summed E-state index contributed by atoms with van der Waals surface area (Å²) in [6.07, 6.45) is 0.113. The van der Waals surface area contributed by atoms with Gasteiger partial charge in [0.15, 0.2) is 0 Å². The Balaban J connectivity index is 1.78. The number of nitrogens with zero attached hydrogens (tertiary/aromatic N) is 2. The molecule has 8 heteroatoms. The summed E-state index contributed by atoms with van der Waals surface area (Å²) in [5.74, 6) is -0.606. The molecule has 0 radical (unpaired) electrons. The Morgan fingerprint density at radius 1 is 1.10 bits per heavy atom. The zero-order valence-electron chi connectivity index (χ0n) is 17.1. The van der Waals surface area contributed by atoms with Crippen LogP contribution in [-0.4, -0.2) is 62.8 Å². The Bertz CT molecular complexity index is 930. The lowest BCUT2D eigenvalue weighted by Crippen LogP contribution is -2.47. The number of amides is 1. The number of hydrogen-bond acceptors (Lipinski definition) is 4. The zero-order chi connectivity index (χ0) is 21.6. The molecule has 1 aliphatic rings. The fraction of sp³-hybridized carbons (Fsp3) is 0.409. The fourth-order valence-electron chi connectivity index (χ4n) is 3.55. The van der Waals surface area contributed by atoms with Crippen molar-refractivity contribution >= 4 is 15.9 Å². The lowest BCUT2D eigenvalue weighted by atomic mass is 10.0. The van der Waals surface area contributed by atoms with Crippen molar-refractivity contribution in [3.63, 3.8) is 0 Å². The maximum Gasteiger partial charge on any atom is 0.243 e. The highest BCUT2D eigenvalue weighted by molar-refractivity contribution is 7.89. The third kappa shape index (κ3) is 5.65. The Kier molecular flexibility index (Phi) is 7.58.